The average Bonchev–Trinajstić information content (AvgIpc) is 2.99. The fourth-order valence-corrected chi connectivity index (χ4v) is 3.35. The van der Waals surface area contributed by atoms with Crippen LogP contribution in [0.1, 0.15) is 50.6 Å². The van der Waals surface area contributed by atoms with Gasteiger partial charge in [0.05, 0.1) is 13.2 Å². The summed E-state index contributed by atoms with van der Waals surface area (Å²) in [6.45, 7) is 4.06. The maximum absolute atomic E-state index is 5.71. The Morgan fingerprint density at radius 3 is 3.00 bits per heavy atom. The fraction of sp³-hybridized carbons (Fsp3) is 0.647. The van der Waals surface area contributed by atoms with Gasteiger partial charge in [0.15, 0.2) is 0 Å². The molecule has 4 heteroatoms. The lowest BCUT2D eigenvalue weighted by Crippen LogP contribution is -2.22. The molecule has 0 spiro atoms. The predicted octanol–water partition coefficient (Wildman–Crippen LogP) is 4.46. The molecule has 1 aliphatic heterocycles. The highest BCUT2D eigenvalue weighted by Crippen LogP contribution is 2.31. The Labute approximate surface area is 136 Å². The Morgan fingerprint density at radius 1 is 1.48 bits per heavy atom. The van der Waals surface area contributed by atoms with Gasteiger partial charge in [-0.2, -0.15) is 0 Å². The van der Waals surface area contributed by atoms with Gasteiger partial charge in [0.2, 0.25) is 0 Å². The van der Waals surface area contributed by atoms with Crippen molar-refractivity contribution in [3.63, 3.8) is 0 Å². The van der Waals surface area contributed by atoms with E-state index >= 15 is 0 Å². The van der Waals surface area contributed by atoms with Gasteiger partial charge in [-0.05, 0) is 50.8 Å². The number of halogens is 1. The molecule has 0 saturated carbocycles. The molecule has 118 valence electrons. The van der Waals surface area contributed by atoms with Gasteiger partial charge >= 0.3 is 0 Å². The van der Waals surface area contributed by atoms with Crippen molar-refractivity contribution in [1.82, 2.24) is 5.32 Å². The third-order valence-corrected chi connectivity index (χ3v) is 4.56. The zero-order valence-corrected chi connectivity index (χ0v) is 14.6. The van der Waals surface area contributed by atoms with Crippen LogP contribution in [0.3, 0.4) is 0 Å². The van der Waals surface area contributed by atoms with E-state index in [2.05, 4.69) is 40.3 Å². The molecule has 21 heavy (non-hydrogen) atoms. The molecule has 0 bridgehead atoms. The molecular weight excluding hydrogens is 330 g/mol. The van der Waals surface area contributed by atoms with Crippen LogP contribution >= 0.6 is 15.9 Å². The van der Waals surface area contributed by atoms with Crippen molar-refractivity contribution in [2.75, 3.05) is 20.3 Å². The smallest absolute Gasteiger partial charge is 0.124 e. The summed E-state index contributed by atoms with van der Waals surface area (Å²) in [6.07, 6.45) is 6.41. The first-order valence-electron chi connectivity index (χ1n) is 7.93. The van der Waals surface area contributed by atoms with Crippen molar-refractivity contribution < 1.29 is 9.47 Å². The van der Waals surface area contributed by atoms with Crippen LogP contribution in [0.15, 0.2) is 22.7 Å². The van der Waals surface area contributed by atoms with Crippen molar-refractivity contribution in [3.8, 4) is 5.75 Å². The lowest BCUT2D eigenvalue weighted by atomic mass is 9.98. The summed E-state index contributed by atoms with van der Waals surface area (Å²) >= 11 is 3.51. The Morgan fingerprint density at radius 2 is 2.33 bits per heavy atom. The highest BCUT2D eigenvalue weighted by atomic mass is 79.9. The number of nitrogens with one attached hydrogen (secondary N) is 1. The quantitative estimate of drug-likeness (QED) is 0.746. The summed E-state index contributed by atoms with van der Waals surface area (Å²) in [5, 5.41) is 3.58. The van der Waals surface area contributed by atoms with Crippen molar-refractivity contribution >= 4 is 15.9 Å². The minimum atomic E-state index is 0.347. The Bertz CT molecular complexity index is 433. The molecule has 1 aromatic carbocycles. The van der Waals surface area contributed by atoms with Crippen LogP contribution in [0.4, 0.5) is 0 Å². The third-order valence-electron chi connectivity index (χ3n) is 4.06. The van der Waals surface area contributed by atoms with Gasteiger partial charge in [-0.25, -0.2) is 0 Å². The standard InChI is InChI=1S/C17H26BrNO2/c1-3-19-16(8-4-6-14-7-5-11-21-14)15-10-9-13(18)12-17(15)20-2/h9-10,12,14,16,19H,3-8,11H2,1-2H3. The molecule has 0 aliphatic carbocycles. The van der Waals surface area contributed by atoms with E-state index in [-0.39, 0.29) is 0 Å². The number of benzene rings is 1. The van der Waals surface area contributed by atoms with Gasteiger partial charge in [-0.3, -0.25) is 0 Å². The summed E-state index contributed by atoms with van der Waals surface area (Å²) in [6, 6.07) is 6.63. The molecule has 2 atom stereocenters. The molecule has 0 radical (unpaired) electrons. The topological polar surface area (TPSA) is 30.5 Å². The second kappa shape index (κ2) is 8.76. The van der Waals surface area contributed by atoms with Crippen LogP contribution in [0.5, 0.6) is 5.75 Å². The van der Waals surface area contributed by atoms with Crippen LogP contribution in [-0.4, -0.2) is 26.4 Å². The van der Waals surface area contributed by atoms with Crippen LogP contribution in [-0.2, 0) is 4.74 Å². The molecule has 0 aromatic heterocycles. The molecule has 1 aromatic rings. The second-order valence-corrected chi connectivity index (χ2v) is 6.48. The molecule has 1 aliphatic rings. The molecule has 2 unspecified atom stereocenters. The largest absolute Gasteiger partial charge is 0.496 e. The highest BCUT2D eigenvalue weighted by molar-refractivity contribution is 9.10. The lowest BCUT2D eigenvalue weighted by molar-refractivity contribution is 0.101. The number of hydrogen-bond donors (Lipinski definition) is 1. The molecule has 1 N–H and O–H groups in total. The van der Waals surface area contributed by atoms with E-state index in [1.54, 1.807) is 7.11 Å². The number of methoxy groups -OCH3 is 1. The molecule has 1 heterocycles. The van der Waals surface area contributed by atoms with Gasteiger partial charge < -0.3 is 14.8 Å². The number of ether oxygens (including phenoxy) is 2. The molecule has 3 nitrogen and oxygen atoms in total. The summed E-state index contributed by atoms with van der Waals surface area (Å²) in [7, 11) is 1.74. The lowest BCUT2D eigenvalue weighted by Gasteiger charge is -2.21. The zero-order valence-electron chi connectivity index (χ0n) is 13.0. The van der Waals surface area contributed by atoms with Crippen LogP contribution in [0.2, 0.25) is 0 Å². The molecular formula is C17H26BrNO2. The summed E-state index contributed by atoms with van der Waals surface area (Å²) in [5.74, 6) is 0.951. The number of rotatable bonds is 8. The SMILES string of the molecule is CCNC(CCCC1CCCO1)c1ccc(Br)cc1OC. The summed E-state index contributed by atoms with van der Waals surface area (Å²) < 4.78 is 12.3. The van der Waals surface area contributed by atoms with Gasteiger partial charge in [0, 0.05) is 22.7 Å². The first-order chi connectivity index (χ1) is 10.2. The third kappa shape index (κ3) is 4.97. The van der Waals surface area contributed by atoms with E-state index < -0.39 is 0 Å². The van der Waals surface area contributed by atoms with E-state index in [0.717, 1.165) is 29.8 Å². The van der Waals surface area contributed by atoms with Crippen molar-refractivity contribution in [2.45, 2.75) is 51.2 Å². The zero-order chi connectivity index (χ0) is 15.1. The Kier molecular flexibility index (Phi) is 7.00. The van der Waals surface area contributed by atoms with Gasteiger partial charge in [-0.1, -0.05) is 28.9 Å². The van der Waals surface area contributed by atoms with Crippen LogP contribution in [0.25, 0.3) is 0 Å². The van der Waals surface area contributed by atoms with Crippen LogP contribution < -0.4 is 10.1 Å². The van der Waals surface area contributed by atoms with E-state index in [1.165, 1.54) is 31.2 Å². The van der Waals surface area contributed by atoms with Crippen molar-refractivity contribution in [3.05, 3.63) is 28.2 Å². The predicted molar refractivity (Wildman–Crippen MR) is 89.9 cm³/mol. The fourth-order valence-electron chi connectivity index (χ4n) is 3.01. The first-order valence-corrected chi connectivity index (χ1v) is 8.72. The Hall–Kier alpha value is -0.580. The molecule has 1 saturated heterocycles. The summed E-state index contributed by atoms with van der Waals surface area (Å²) in [4.78, 5) is 0. The molecule has 2 rings (SSSR count). The molecule has 1 fully saturated rings. The first kappa shape index (κ1) is 16.8. The monoisotopic (exact) mass is 355 g/mol. The van der Waals surface area contributed by atoms with Crippen LogP contribution in [0, 0.1) is 0 Å². The van der Waals surface area contributed by atoms with E-state index in [1.807, 2.05) is 6.07 Å². The molecule has 0 amide bonds. The minimum Gasteiger partial charge on any atom is -0.496 e. The van der Waals surface area contributed by atoms with Crippen molar-refractivity contribution in [1.29, 1.82) is 0 Å². The van der Waals surface area contributed by atoms with E-state index in [0.29, 0.717) is 12.1 Å². The average molecular weight is 356 g/mol. The van der Waals surface area contributed by atoms with E-state index in [9.17, 15) is 0 Å². The normalized spacial score (nSPS) is 19.7. The summed E-state index contributed by atoms with van der Waals surface area (Å²) in [5.41, 5.74) is 1.25. The maximum Gasteiger partial charge on any atom is 0.124 e. The Balaban J connectivity index is 1.96. The van der Waals surface area contributed by atoms with Gasteiger partial charge in [0.25, 0.3) is 0 Å². The van der Waals surface area contributed by atoms with Gasteiger partial charge in [0.1, 0.15) is 5.75 Å². The second-order valence-electron chi connectivity index (χ2n) is 5.56. The number of hydrogen-bond acceptors (Lipinski definition) is 3. The highest BCUT2D eigenvalue weighted by Gasteiger charge is 2.18. The van der Waals surface area contributed by atoms with Crippen molar-refractivity contribution in [2.24, 2.45) is 0 Å². The van der Waals surface area contributed by atoms with E-state index in [4.69, 9.17) is 9.47 Å². The maximum atomic E-state index is 5.71. The van der Waals surface area contributed by atoms with Gasteiger partial charge in [-0.15, -0.1) is 0 Å². The minimum absolute atomic E-state index is 0.347.